The molecule has 0 aromatic carbocycles. The van der Waals surface area contributed by atoms with E-state index in [1.165, 1.54) is 0 Å². The van der Waals surface area contributed by atoms with Crippen molar-refractivity contribution in [3.63, 3.8) is 0 Å². The van der Waals surface area contributed by atoms with Crippen LogP contribution < -0.4 is 0 Å². The molecule has 13 heavy (non-hydrogen) atoms. The Hall–Kier alpha value is -0.780. The maximum absolute atomic E-state index is 10.9. The van der Waals surface area contributed by atoms with Crippen molar-refractivity contribution in [2.24, 2.45) is 4.99 Å². The minimum atomic E-state index is -3.02. The number of sulfone groups is 1. The molecule has 0 aliphatic carbocycles. The Morgan fingerprint density at radius 3 is 2.77 bits per heavy atom. The number of ether oxygens (including phenoxy) is 1. The Morgan fingerprint density at radius 1 is 1.62 bits per heavy atom. The summed E-state index contributed by atoms with van der Waals surface area (Å²) in [5.41, 5.74) is 0. The second-order valence-corrected chi connectivity index (χ2v) is 5.02. The summed E-state index contributed by atoms with van der Waals surface area (Å²) in [5, 5.41) is 1.85. The molecule has 0 N–H and O–H groups in total. The van der Waals surface area contributed by atoms with Gasteiger partial charge in [-0.05, 0) is 18.6 Å². The van der Waals surface area contributed by atoms with Crippen LogP contribution in [0.1, 0.15) is 6.42 Å². The summed E-state index contributed by atoms with van der Waals surface area (Å²) in [6, 6.07) is 0. The van der Waals surface area contributed by atoms with E-state index >= 15 is 0 Å². The molecule has 0 aromatic rings. The van der Waals surface area contributed by atoms with Crippen molar-refractivity contribution in [2.75, 3.05) is 11.5 Å². The minimum Gasteiger partial charge on any atom is -0.443 e. The molecular formula is C6H7NO4S2. The van der Waals surface area contributed by atoms with Gasteiger partial charge in [-0.3, -0.25) is 0 Å². The van der Waals surface area contributed by atoms with Gasteiger partial charge in [0, 0.05) is 0 Å². The standard InChI is InChI=1S/C6H7NO4S2/c8-6(7-4-12)11-5-1-2-13(9,10)3-5/h5H,1-3H2/t5-/m1/s1. The quantitative estimate of drug-likeness (QED) is 0.473. The van der Waals surface area contributed by atoms with Crippen LogP contribution in [0, 0.1) is 0 Å². The van der Waals surface area contributed by atoms with Gasteiger partial charge >= 0.3 is 6.09 Å². The Kier molecular flexibility index (Phi) is 3.13. The maximum Gasteiger partial charge on any atom is 0.442 e. The van der Waals surface area contributed by atoms with E-state index in [-0.39, 0.29) is 11.5 Å². The number of hydrogen-bond acceptors (Lipinski definition) is 5. The fourth-order valence-corrected chi connectivity index (χ4v) is 2.72. The van der Waals surface area contributed by atoms with E-state index in [2.05, 4.69) is 21.9 Å². The maximum atomic E-state index is 10.9. The first-order valence-electron chi connectivity index (χ1n) is 3.52. The van der Waals surface area contributed by atoms with Crippen LogP contribution in [0.25, 0.3) is 0 Å². The lowest BCUT2D eigenvalue weighted by atomic mass is 10.3. The normalized spacial score (nSPS) is 24.8. The van der Waals surface area contributed by atoms with E-state index in [0.29, 0.717) is 6.42 Å². The minimum absolute atomic E-state index is 0.0618. The number of carbonyl (C=O) groups is 1. The first kappa shape index (κ1) is 10.3. The number of hydrogen-bond donors (Lipinski definition) is 0. The van der Waals surface area contributed by atoms with Crippen molar-refractivity contribution in [2.45, 2.75) is 12.5 Å². The lowest BCUT2D eigenvalue weighted by Gasteiger charge is -2.05. The van der Waals surface area contributed by atoms with Crippen LogP contribution in [0.5, 0.6) is 0 Å². The van der Waals surface area contributed by atoms with Crippen molar-refractivity contribution in [1.29, 1.82) is 0 Å². The summed E-state index contributed by atoms with van der Waals surface area (Å²) < 4.78 is 26.5. The van der Waals surface area contributed by atoms with Crippen LogP contribution in [-0.2, 0) is 14.6 Å². The molecule has 1 rings (SSSR count). The monoisotopic (exact) mass is 221 g/mol. The third-order valence-electron chi connectivity index (χ3n) is 1.60. The van der Waals surface area contributed by atoms with E-state index < -0.39 is 22.0 Å². The highest BCUT2D eigenvalue weighted by Crippen LogP contribution is 2.14. The predicted octanol–water partition coefficient (Wildman–Crippen LogP) is 0.413. The molecule has 1 fully saturated rings. The number of nitrogens with zero attached hydrogens (tertiary/aromatic N) is 1. The molecule has 72 valence electrons. The summed E-state index contributed by atoms with van der Waals surface area (Å²) >= 11 is 4.18. The molecule has 0 spiro atoms. The van der Waals surface area contributed by atoms with Crippen molar-refractivity contribution in [1.82, 2.24) is 0 Å². The van der Waals surface area contributed by atoms with Crippen molar-refractivity contribution in [3.05, 3.63) is 0 Å². The zero-order valence-electron chi connectivity index (χ0n) is 6.60. The molecule has 0 saturated carbocycles. The molecule has 0 bridgehead atoms. The predicted molar refractivity (Wildman–Crippen MR) is 48.6 cm³/mol. The second-order valence-electron chi connectivity index (χ2n) is 2.61. The molecule has 1 aliphatic rings. The molecule has 0 aromatic heterocycles. The molecule has 1 heterocycles. The highest BCUT2D eigenvalue weighted by molar-refractivity contribution is 7.91. The van der Waals surface area contributed by atoms with E-state index in [0.717, 1.165) is 0 Å². The third kappa shape index (κ3) is 3.22. The summed E-state index contributed by atoms with van der Waals surface area (Å²) in [7, 11) is -3.02. The van der Waals surface area contributed by atoms with Crippen LogP contribution in [-0.4, -0.2) is 37.3 Å². The first-order valence-corrected chi connectivity index (χ1v) is 5.75. The first-order chi connectivity index (χ1) is 6.03. The van der Waals surface area contributed by atoms with Gasteiger partial charge in [0.1, 0.15) is 6.10 Å². The average Bonchev–Trinajstić information content (AvgIpc) is 2.30. The highest BCUT2D eigenvalue weighted by Gasteiger charge is 2.30. The summed E-state index contributed by atoms with van der Waals surface area (Å²) in [6.07, 6.45) is -1.12. The zero-order chi connectivity index (χ0) is 9.90. The lowest BCUT2D eigenvalue weighted by Crippen LogP contribution is -2.17. The SMILES string of the molecule is O=C(N=C=S)O[C@@H]1CCS(=O)(=O)C1. The lowest BCUT2D eigenvalue weighted by molar-refractivity contribution is 0.120. The van der Waals surface area contributed by atoms with Crippen LogP contribution in [0.2, 0.25) is 0 Å². The Balaban J connectivity index is 2.50. The third-order valence-corrected chi connectivity index (χ3v) is 3.42. The molecule has 7 heteroatoms. The van der Waals surface area contributed by atoms with Crippen molar-refractivity contribution < 1.29 is 17.9 Å². The Bertz CT molecular complexity index is 355. The Morgan fingerprint density at radius 2 is 2.31 bits per heavy atom. The molecule has 1 saturated heterocycles. The van der Waals surface area contributed by atoms with E-state index in [9.17, 15) is 13.2 Å². The molecular weight excluding hydrogens is 214 g/mol. The molecule has 0 unspecified atom stereocenters. The average molecular weight is 221 g/mol. The number of thiocarbonyl (C=S) groups is 1. The molecule has 5 nitrogen and oxygen atoms in total. The highest BCUT2D eigenvalue weighted by atomic mass is 32.2. The summed E-state index contributed by atoms with van der Waals surface area (Å²) in [6.45, 7) is 0. The van der Waals surface area contributed by atoms with Gasteiger partial charge in [-0.25, -0.2) is 13.2 Å². The van der Waals surface area contributed by atoms with Crippen LogP contribution >= 0.6 is 12.2 Å². The topological polar surface area (TPSA) is 72.8 Å². The van der Waals surface area contributed by atoms with Gasteiger partial charge in [-0.1, -0.05) is 0 Å². The van der Waals surface area contributed by atoms with Gasteiger partial charge in [-0.2, -0.15) is 0 Å². The van der Waals surface area contributed by atoms with Gasteiger partial charge in [0.25, 0.3) is 0 Å². The number of carbonyl (C=O) groups excluding carboxylic acids is 1. The van der Waals surface area contributed by atoms with E-state index in [4.69, 9.17) is 0 Å². The van der Waals surface area contributed by atoms with Gasteiger partial charge in [0.05, 0.1) is 16.7 Å². The van der Waals surface area contributed by atoms with Crippen molar-refractivity contribution >= 4 is 33.3 Å². The molecule has 1 atom stereocenters. The van der Waals surface area contributed by atoms with E-state index in [1.54, 1.807) is 0 Å². The number of amides is 1. The largest absolute Gasteiger partial charge is 0.443 e. The fourth-order valence-electron chi connectivity index (χ4n) is 1.06. The van der Waals surface area contributed by atoms with Crippen LogP contribution in [0.3, 0.4) is 0 Å². The zero-order valence-corrected chi connectivity index (χ0v) is 8.23. The summed E-state index contributed by atoms with van der Waals surface area (Å²) in [5.74, 6) is -0.0576. The molecule has 1 aliphatic heterocycles. The van der Waals surface area contributed by atoms with E-state index in [1.807, 2.05) is 5.16 Å². The van der Waals surface area contributed by atoms with Gasteiger partial charge in [0.15, 0.2) is 9.84 Å². The smallest absolute Gasteiger partial charge is 0.442 e. The van der Waals surface area contributed by atoms with Gasteiger partial charge in [0.2, 0.25) is 0 Å². The number of aliphatic imine (C=N–C) groups is 1. The van der Waals surface area contributed by atoms with Crippen LogP contribution in [0.15, 0.2) is 4.99 Å². The Labute approximate surface area is 80.7 Å². The van der Waals surface area contributed by atoms with Gasteiger partial charge < -0.3 is 4.74 Å². The van der Waals surface area contributed by atoms with Crippen LogP contribution in [0.4, 0.5) is 4.79 Å². The molecule has 1 amide bonds. The molecule has 0 radical (unpaired) electrons. The summed E-state index contributed by atoms with van der Waals surface area (Å²) in [4.78, 5) is 13.7. The number of isothiocyanates is 1. The van der Waals surface area contributed by atoms with Gasteiger partial charge in [-0.15, -0.1) is 4.99 Å². The van der Waals surface area contributed by atoms with Crippen molar-refractivity contribution in [3.8, 4) is 0 Å². The fraction of sp³-hybridized carbons (Fsp3) is 0.667. The number of rotatable bonds is 1. The second kappa shape index (κ2) is 3.95.